The van der Waals surface area contributed by atoms with E-state index in [2.05, 4.69) is 5.32 Å². The molecule has 0 heterocycles. The van der Waals surface area contributed by atoms with Crippen molar-refractivity contribution in [2.24, 2.45) is 0 Å². The van der Waals surface area contributed by atoms with Gasteiger partial charge in [0.2, 0.25) is 0 Å². The third-order valence-corrected chi connectivity index (χ3v) is 2.67. The third kappa shape index (κ3) is 2.77. The lowest BCUT2D eigenvalue weighted by Crippen LogP contribution is -2.23. The van der Waals surface area contributed by atoms with Gasteiger partial charge in [-0.05, 0) is 30.5 Å². The second-order valence-corrected chi connectivity index (χ2v) is 4.05. The Bertz CT molecular complexity index is 373. The van der Waals surface area contributed by atoms with E-state index in [1.165, 1.54) is 25.0 Å². The summed E-state index contributed by atoms with van der Waals surface area (Å²) in [5.41, 5.74) is 0.754. The van der Waals surface area contributed by atoms with E-state index in [-0.39, 0.29) is 5.69 Å². The lowest BCUT2D eigenvalue weighted by Gasteiger charge is -2.11. The maximum absolute atomic E-state index is 10.4. The SMILES string of the molecule is O=[N+]([O-])c1ccc(C(O)CNC2CC2)cc1. The van der Waals surface area contributed by atoms with Crippen LogP contribution in [0.2, 0.25) is 0 Å². The van der Waals surface area contributed by atoms with E-state index >= 15 is 0 Å². The molecule has 16 heavy (non-hydrogen) atoms. The van der Waals surface area contributed by atoms with Gasteiger partial charge in [0, 0.05) is 24.7 Å². The van der Waals surface area contributed by atoms with Crippen molar-refractivity contribution < 1.29 is 10.0 Å². The number of nitrogens with zero attached hydrogens (tertiary/aromatic N) is 1. The molecule has 5 heteroatoms. The molecule has 1 aromatic rings. The highest BCUT2D eigenvalue weighted by molar-refractivity contribution is 5.33. The lowest BCUT2D eigenvalue weighted by molar-refractivity contribution is -0.384. The summed E-state index contributed by atoms with van der Waals surface area (Å²) in [6, 6.07) is 6.56. The van der Waals surface area contributed by atoms with Crippen molar-refractivity contribution in [3.8, 4) is 0 Å². The van der Waals surface area contributed by atoms with Crippen LogP contribution in [0.4, 0.5) is 5.69 Å². The monoisotopic (exact) mass is 222 g/mol. The first-order chi connectivity index (χ1) is 7.66. The van der Waals surface area contributed by atoms with Crippen molar-refractivity contribution in [3.05, 3.63) is 39.9 Å². The number of hydrogen-bond donors (Lipinski definition) is 2. The highest BCUT2D eigenvalue weighted by Gasteiger charge is 2.21. The fourth-order valence-corrected chi connectivity index (χ4v) is 1.50. The van der Waals surface area contributed by atoms with Gasteiger partial charge in [0.1, 0.15) is 0 Å². The quantitative estimate of drug-likeness (QED) is 0.583. The minimum Gasteiger partial charge on any atom is -0.387 e. The first-order valence-corrected chi connectivity index (χ1v) is 5.32. The predicted molar refractivity (Wildman–Crippen MR) is 59.1 cm³/mol. The highest BCUT2D eigenvalue weighted by Crippen LogP contribution is 2.21. The minimum absolute atomic E-state index is 0.0473. The van der Waals surface area contributed by atoms with Crippen LogP contribution in [0.25, 0.3) is 0 Å². The van der Waals surface area contributed by atoms with Gasteiger partial charge in [0.25, 0.3) is 5.69 Å². The lowest BCUT2D eigenvalue weighted by atomic mass is 10.1. The van der Waals surface area contributed by atoms with E-state index in [0.717, 1.165) is 0 Å². The third-order valence-electron chi connectivity index (χ3n) is 2.67. The molecule has 0 spiro atoms. The number of aliphatic hydroxyl groups excluding tert-OH is 1. The minimum atomic E-state index is -0.596. The average Bonchev–Trinajstić information content (AvgIpc) is 3.10. The molecular weight excluding hydrogens is 208 g/mol. The molecule has 1 atom stereocenters. The van der Waals surface area contributed by atoms with Gasteiger partial charge in [-0.2, -0.15) is 0 Å². The van der Waals surface area contributed by atoms with Crippen LogP contribution < -0.4 is 5.32 Å². The fourth-order valence-electron chi connectivity index (χ4n) is 1.50. The number of nitrogens with one attached hydrogen (secondary N) is 1. The van der Waals surface area contributed by atoms with Gasteiger partial charge in [-0.15, -0.1) is 0 Å². The summed E-state index contributed by atoms with van der Waals surface area (Å²) in [7, 11) is 0. The fraction of sp³-hybridized carbons (Fsp3) is 0.455. The summed E-state index contributed by atoms with van der Waals surface area (Å²) in [5, 5.41) is 23.4. The average molecular weight is 222 g/mol. The summed E-state index contributed by atoms with van der Waals surface area (Å²) in [4.78, 5) is 9.99. The molecule has 0 saturated heterocycles. The Morgan fingerprint density at radius 1 is 1.44 bits per heavy atom. The molecule has 0 aromatic heterocycles. The Balaban J connectivity index is 1.93. The Hall–Kier alpha value is -1.46. The summed E-state index contributed by atoms with van der Waals surface area (Å²) >= 11 is 0. The normalized spacial score (nSPS) is 17.1. The van der Waals surface area contributed by atoms with Gasteiger partial charge in [-0.1, -0.05) is 0 Å². The summed E-state index contributed by atoms with van der Waals surface area (Å²) in [5.74, 6) is 0. The predicted octanol–water partition coefficient (Wildman–Crippen LogP) is 1.38. The molecule has 0 bridgehead atoms. The van der Waals surface area contributed by atoms with Crippen LogP contribution in [-0.2, 0) is 0 Å². The largest absolute Gasteiger partial charge is 0.387 e. The van der Waals surface area contributed by atoms with Crippen molar-refractivity contribution in [2.45, 2.75) is 25.0 Å². The molecule has 1 aliphatic rings. The van der Waals surface area contributed by atoms with Gasteiger partial charge in [-0.25, -0.2) is 0 Å². The summed E-state index contributed by atoms with van der Waals surface area (Å²) in [6.45, 7) is 0.502. The van der Waals surface area contributed by atoms with Crippen LogP contribution in [-0.4, -0.2) is 22.6 Å². The molecule has 0 aliphatic heterocycles. The van der Waals surface area contributed by atoms with E-state index < -0.39 is 11.0 Å². The van der Waals surface area contributed by atoms with Crippen LogP contribution in [0, 0.1) is 10.1 Å². The van der Waals surface area contributed by atoms with Gasteiger partial charge in [0.15, 0.2) is 0 Å². The van der Waals surface area contributed by atoms with Gasteiger partial charge in [-0.3, -0.25) is 10.1 Å². The number of hydrogen-bond acceptors (Lipinski definition) is 4. The molecule has 2 rings (SSSR count). The molecule has 1 aliphatic carbocycles. The second-order valence-electron chi connectivity index (χ2n) is 4.05. The Labute approximate surface area is 93.2 Å². The van der Waals surface area contributed by atoms with Crippen LogP contribution in [0.5, 0.6) is 0 Å². The number of aliphatic hydroxyl groups is 1. The Kier molecular flexibility index (Phi) is 3.17. The molecule has 5 nitrogen and oxygen atoms in total. The highest BCUT2D eigenvalue weighted by atomic mass is 16.6. The van der Waals surface area contributed by atoms with Gasteiger partial charge < -0.3 is 10.4 Å². The zero-order valence-electron chi connectivity index (χ0n) is 8.80. The van der Waals surface area contributed by atoms with Crippen LogP contribution >= 0.6 is 0 Å². The Morgan fingerprint density at radius 3 is 2.56 bits per heavy atom. The maximum atomic E-state index is 10.4. The van der Waals surface area contributed by atoms with Crippen molar-refractivity contribution >= 4 is 5.69 Å². The number of rotatable bonds is 5. The van der Waals surface area contributed by atoms with E-state index in [4.69, 9.17) is 0 Å². The summed E-state index contributed by atoms with van der Waals surface area (Å²) in [6.07, 6.45) is 1.75. The van der Waals surface area contributed by atoms with Crippen molar-refractivity contribution in [1.29, 1.82) is 0 Å². The molecule has 0 amide bonds. The van der Waals surface area contributed by atoms with Gasteiger partial charge in [0.05, 0.1) is 11.0 Å². The molecule has 86 valence electrons. The zero-order chi connectivity index (χ0) is 11.5. The molecule has 1 aromatic carbocycles. The van der Waals surface area contributed by atoms with Crippen molar-refractivity contribution in [3.63, 3.8) is 0 Å². The molecule has 1 unspecified atom stereocenters. The van der Waals surface area contributed by atoms with E-state index in [9.17, 15) is 15.2 Å². The zero-order valence-corrected chi connectivity index (χ0v) is 8.80. The number of nitro groups is 1. The van der Waals surface area contributed by atoms with Crippen LogP contribution in [0.3, 0.4) is 0 Å². The molecule has 2 N–H and O–H groups in total. The van der Waals surface area contributed by atoms with E-state index in [1.807, 2.05) is 0 Å². The number of nitro benzene ring substituents is 1. The topological polar surface area (TPSA) is 75.4 Å². The maximum Gasteiger partial charge on any atom is 0.269 e. The molecular formula is C11H14N2O3. The first-order valence-electron chi connectivity index (χ1n) is 5.32. The van der Waals surface area contributed by atoms with Crippen LogP contribution in [0.15, 0.2) is 24.3 Å². The molecule has 1 saturated carbocycles. The van der Waals surface area contributed by atoms with Gasteiger partial charge >= 0.3 is 0 Å². The summed E-state index contributed by atoms with van der Waals surface area (Å²) < 4.78 is 0. The first kappa shape index (κ1) is 11.0. The second kappa shape index (κ2) is 4.59. The van der Waals surface area contributed by atoms with E-state index in [1.54, 1.807) is 12.1 Å². The Morgan fingerprint density at radius 2 is 2.06 bits per heavy atom. The number of non-ortho nitro benzene ring substituents is 1. The molecule has 0 radical (unpaired) electrons. The number of benzene rings is 1. The van der Waals surface area contributed by atoms with E-state index in [0.29, 0.717) is 18.2 Å². The van der Waals surface area contributed by atoms with Crippen molar-refractivity contribution in [2.75, 3.05) is 6.54 Å². The standard InChI is InChI=1S/C11H14N2O3/c14-11(7-12-9-3-4-9)8-1-5-10(6-2-8)13(15)16/h1-2,5-6,9,11-12,14H,3-4,7H2. The van der Waals surface area contributed by atoms with Crippen LogP contribution in [0.1, 0.15) is 24.5 Å². The smallest absolute Gasteiger partial charge is 0.269 e. The van der Waals surface area contributed by atoms with Crippen molar-refractivity contribution in [1.82, 2.24) is 5.32 Å². The molecule has 1 fully saturated rings.